The summed E-state index contributed by atoms with van der Waals surface area (Å²) < 4.78 is 44.8. The summed E-state index contributed by atoms with van der Waals surface area (Å²) in [5.41, 5.74) is 1.01. The van der Waals surface area contributed by atoms with Gasteiger partial charge in [-0.25, -0.2) is 0 Å². The normalized spacial score (nSPS) is 12.7. The Morgan fingerprint density at radius 1 is 0.800 bits per heavy atom. The zero-order valence-electron chi connectivity index (χ0n) is 26.8. The van der Waals surface area contributed by atoms with Gasteiger partial charge in [-0.2, -0.15) is 0 Å². The van der Waals surface area contributed by atoms with Crippen LogP contribution in [0.3, 0.4) is 0 Å². The van der Waals surface area contributed by atoms with Crippen LogP contribution in [0.25, 0.3) is 22.2 Å². The molecule has 1 heterocycles. The highest BCUT2D eigenvalue weighted by Crippen LogP contribution is 2.45. The zero-order chi connectivity index (χ0) is 33.4. The zero-order valence-corrected chi connectivity index (χ0v) is 27.7. The molecule has 6 nitrogen and oxygen atoms in total. The van der Waals surface area contributed by atoms with Crippen LogP contribution in [0.4, 0.5) is 13.2 Å². The summed E-state index contributed by atoms with van der Waals surface area (Å²) in [6, 6.07) is 21.1. The average Bonchev–Trinajstić information content (AvgIpc) is 3.18. The van der Waals surface area contributed by atoms with E-state index in [-0.39, 0.29) is 24.1 Å². The molecule has 240 valence electrons. The Morgan fingerprint density at radius 2 is 1.40 bits per heavy atom. The van der Waals surface area contributed by atoms with Crippen LogP contribution in [0.15, 0.2) is 82.6 Å². The number of carbonyl (C=O) groups is 2. The number of rotatable bonds is 8. The van der Waals surface area contributed by atoms with Crippen LogP contribution in [0, 0.1) is 0 Å². The summed E-state index contributed by atoms with van der Waals surface area (Å²) in [6.07, 6.45) is -4.82. The van der Waals surface area contributed by atoms with Gasteiger partial charge in [0.1, 0.15) is 12.3 Å². The van der Waals surface area contributed by atoms with E-state index in [0.29, 0.717) is 11.3 Å². The van der Waals surface area contributed by atoms with Crippen molar-refractivity contribution in [3.05, 3.63) is 78.4 Å². The number of hydrogen-bond donors (Lipinski definition) is 2. The Labute approximate surface area is 266 Å². The fourth-order valence-electron chi connectivity index (χ4n) is 4.92. The molecule has 3 aromatic carbocycles. The molecule has 0 saturated carbocycles. The van der Waals surface area contributed by atoms with Gasteiger partial charge < -0.3 is 19.9 Å². The highest BCUT2D eigenvalue weighted by atomic mass is 32.2. The Hall–Kier alpha value is -3.92. The van der Waals surface area contributed by atoms with Crippen LogP contribution < -0.4 is 15.4 Å². The molecule has 4 aromatic rings. The lowest BCUT2D eigenvalue weighted by atomic mass is 9.82. The SMILES string of the molecule is CC(C)(C)NC(=O)Cn1c(-c2ccc(OC(F)(F)F)cc2)c(Sc2ccccc2)c2cc(C(C)(C)C(=O)NC(C)(C)C)ccc21. The number of aromatic nitrogens is 1. The summed E-state index contributed by atoms with van der Waals surface area (Å²) in [4.78, 5) is 28.5. The highest BCUT2D eigenvalue weighted by Gasteiger charge is 2.34. The first kappa shape index (κ1) is 34.0. The van der Waals surface area contributed by atoms with E-state index >= 15 is 0 Å². The van der Waals surface area contributed by atoms with Crippen LogP contribution in [-0.4, -0.2) is 33.8 Å². The van der Waals surface area contributed by atoms with E-state index in [1.807, 2.05) is 108 Å². The van der Waals surface area contributed by atoms with E-state index in [9.17, 15) is 22.8 Å². The van der Waals surface area contributed by atoms with Gasteiger partial charge in [0.2, 0.25) is 11.8 Å². The minimum Gasteiger partial charge on any atom is -0.406 e. The number of amides is 2. The second-order valence-corrected chi connectivity index (χ2v) is 14.7. The van der Waals surface area contributed by atoms with E-state index in [1.54, 1.807) is 12.1 Å². The molecule has 0 spiro atoms. The summed E-state index contributed by atoms with van der Waals surface area (Å²) in [5, 5.41) is 6.90. The van der Waals surface area contributed by atoms with E-state index in [1.165, 1.54) is 23.9 Å². The topological polar surface area (TPSA) is 72.4 Å². The van der Waals surface area contributed by atoms with Crippen molar-refractivity contribution in [3.8, 4) is 17.0 Å². The Balaban J connectivity index is 1.97. The molecule has 0 radical (unpaired) electrons. The molecule has 0 atom stereocenters. The van der Waals surface area contributed by atoms with Crippen molar-refractivity contribution < 1.29 is 27.5 Å². The number of fused-ring (bicyclic) bond motifs is 1. The summed E-state index contributed by atoms with van der Waals surface area (Å²) in [7, 11) is 0. The molecule has 45 heavy (non-hydrogen) atoms. The third-order valence-corrected chi connectivity index (χ3v) is 8.06. The second-order valence-electron chi connectivity index (χ2n) is 13.6. The fraction of sp³-hybridized carbons (Fsp3) is 0.371. The lowest BCUT2D eigenvalue weighted by molar-refractivity contribution is -0.274. The molecular weight excluding hydrogens is 599 g/mol. The second kappa shape index (κ2) is 12.5. The molecule has 2 amide bonds. The van der Waals surface area contributed by atoms with Crippen molar-refractivity contribution in [3.63, 3.8) is 0 Å². The molecule has 0 aliphatic heterocycles. The number of nitrogens with zero attached hydrogens (tertiary/aromatic N) is 1. The lowest BCUT2D eigenvalue weighted by Crippen LogP contribution is -2.48. The number of ether oxygens (including phenoxy) is 1. The van der Waals surface area contributed by atoms with Crippen LogP contribution in [0.1, 0.15) is 61.0 Å². The van der Waals surface area contributed by atoms with E-state index in [2.05, 4.69) is 15.4 Å². The van der Waals surface area contributed by atoms with E-state index < -0.39 is 22.9 Å². The predicted molar refractivity (Wildman–Crippen MR) is 173 cm³/mol. The first-order valence-electron chi connectivity index (χ1n) is 14.6. The van der Waals surface area contributed by atoms with Crippen molar-refractivity contribution >= 4 is 34.5 Å². The number of carbonyl (C=O) groups excluding carboxylic acids is 2. The smallest absolute Gasteiger partial charge is 0.406 e. The van der Waals surface area contributed by atoms with Gasteiger partial charge in [0, 0.05) is 26.3 Å². The largest absolute Gasteiger partial charge is 0.573 e. The number of hydrogen-bond acceptors (Lipinski definition) is 4. The third-order valence-electron chi connectivity index (χ3n) is 6.94. The van der Waals surface area contributed by atoms with Gasteiger partial charge >= 0.3 is 6.36 Å². The molecular formula is C35H40F3N3O3S. The van der Waals surface area contributed by atoms with E-state index in [0.717, 1.165) is 26.3 Å². The summed E-state index contributed by atoms with van der Waals surface area (Å²) >= 11 is 1.49. The van der Waals surface area contributed by atoms with E-state index in [4.69, 9.17) is 0 Å². The van der Waals surface area contributed by atoms with Gasteiger partial charge in [-0.3, -0.25) is 9.59 Å². The van der Waals surface area contributed by atoms with Crippen LogP contribution >= 0.6 is 11.8 Å². The van der Waals surface area contributed by atoms with Gasteiger partial charge in [0.15, 0.2) is 0 Å². The first-order valence-corrected chi connectivity index (χ1v) is 15.4. The third kappa shape index (κ3) is 8.63. The minimum atomic E-state index is -4.82. The molecule has 4 rings (SSSR count). The molecule has 2 N–H and O–H groups in total. The molecule has 0 saturated heterocycles. The van der Waals surface area contributed by atoms with Crippen LogP contribution in [0.5, 0.6) is 5.75 Å². The summed E-state index contributed by atoms with van der Waals surface area (Å²) in [6.45, 7) is 15.2. The van der Waals surface area contributed by atoms with Crippen LogP contribution in [0.2, 0.25) is 0 Å². The van der Waals surface area contributed by atoms with Crippen molar-refractivity contribution in [2.75, 3.05) is 0 Å². The Bertz CT molecular complexity index is 1680. The van der Waals surface area contributed by atoms with Crippen molar-refractivity contribution in [2.45, 2.75) is 94.6 Å². The molecule has 0 fully saturated rings. The van der Waals surface area contributed by atoms with Gasteiger partial charge in [-0.15, -0.1) is 13.2 Å². The number of nitrogens with one attached hydrogen (secondary N) is 2. The molecule has 1 aromatic heterocycles. The Morgan fingerprint density at radius 3 is 1.96 bits per heavy atom. The fourth-order valence-corrected chi connectivity index (χ4v) is 6.04. The number of benzene rings is 3. The number of alkyl halides is 3. The van der Waals surface area contributed by atoms with Gasteiger partial charge in [0.05, 0.1) is 16.6 Å². The maximum atomic E-state index is 13.4. The van der Waals surface area contributed by atoms with Gasteiger partial charge in [0.25, 0.3) is 0 Å². The summed E-state index contributed by atoms with van der Waals surface area (Å²) in [5.74, 6) is -0.690. The molecule has 10 heteroatoms. The molecule has 0 unspecified atom stereocenters. The number of halogens is 3. The van der Waals surface area contributed by atoms with Crippen molar-refractivity contribution in [1.29, 1.82) is 0 Å². The van der Waals surface area contributed by atoms with Crippen molar-refractivity contribution in [2.24, 2.45) is 0 Å². The molecule has 0 bridgehead atoms. The lowest BCUT2D eigenvalue weighted by Gasteiger charge is -2.30. The van der Waals surface area contributed by atoms with Gasteiger partial charge in [-0.1, -0.05) is 36.0 Å². The standard InChI is InChI=1S/C35H40F3N3O3S/c1-32(2,3)39-28(42)21-41-27-19-16-23(34(7,8)31(43)40-33(4,5)6)20-26(27)30(45-25-12-10-9-11-13-25)29(41)22-14-17-24(18-15-22)44-35(36,37)38/h9-20H,21H2,1-8H3,(H,39,42)(H,40,43). The predicted octanol–water partition coefficient (Wildman–Crippen LogP) is 8.47. The molecule has 0 aliphatic carbocycles. The minimum absolute atomic E-state index is 0.0352. The van der Waals surface area contributed by atoms with Crippen LogP contribution in [-0.2, 0) is 21.5 Å². The maximum absolute atomic E-state index is 13.4. The molecule has 0 aliphatic rings. The van der Waals surface area contributed by atoms with Gasteiger partial charge in [-0.05, 0) is 115 Å². The maximum Gasteiger partial charge on any atom is 0.573 e. The quantitative estimate of drug-likeness (QED) is 0.203. The highest BCUT2D eigenvalue weighted by molar-refractivity contribution is 7.99. The van der Waals surface area contributed by atoms with Crippen molar-refractivity contribution in [1.82, 2.24) is 15.2 Å². The average molecular weight is 640 g/mol. The Kier molecular flexibility index (Phi) is 9.41. The monoisotopic (exact) mass is 639 g/mol. The first-order chi connectivity index (χ1) is 20.7.